The zero-order valence-corrected chi connectivity index (χ0v) is 65.2. The van der Waals surface area contributed by atoms with Crippen molar-refractivity contribution >= 4 is 89.7 Å². The molecular formula is C81H102F3N11O16. The van der Waals surface area contributed by atoms with Crippen LogP contribution in [0.15, 0.2) is 91.4 Å². The van der Waals surface area contributed by atoms with Crippen LogP contribution in [0.5, 0.6) is 23.0 Å². The quantitative estimate of drug-likeness (QED) is 0.0402. The number of amides is 7. The van der Waals surface area contributed by atoms with E-state index in [0.717, 1.165) is 83.8 Å². The van der Waals surface area contributed by atoms with Crippen LogP contribution in [-0.2, 0) is 75.4 Å². The fourth-order valence-electron chi connectivity index (χ4n) is 13.5. The topological polar surface area (TPSA) is 329 Å². The third-order valence-electron chi connectivity index (χ3n) is 19.4. The van der Waals surface area contributed by atoms with Gasteiger partial charge in [-0.1, -0.05) is 38.1 Å². The molecular weight excluding hydrogens is 1440 g/mol. The van der Waals surface area contributed by atoms with Crippen LogP contribution in [0.1, 0.15) is 151 Å². The van der Waals surface area contributed by atoms with Gasteiger partial charge in [0.05, 0.1) is 43.7 Å². The first kappa shape index (κ1) is 85.7. The number of benzene rings is 2. The number of nitrogens with one attached hydrogen (secondary N) is 4. The van der Waals surface area contributed by atoms with E-state index in [1.165, 1.54) is 18.3 Å². The number of pyridine rings is 3. The van der Waals surface area contributed by atoms with Gasteiger partial charge in [-0.3, -0.25) is 28.8 Å². The van der Waals surface area contributed by atoms with Crippen LogP contribution in [0.4, 0.5) is 40.2 Å². The minimum absolute atomic E-state index is 0.0636. The Morgan fingerprint density at radius 2 is 0.883 bits per heavy atom. The Balaban J connectivity index is 0.000000205. The zero-order chi connectivity index (χ0) is 81.1. The molecule has 3 saturated heterocycles. The summed E-state index contributed by atoms with van der Waals surface area (Å²) in [6.07, 6.45) is 14.8. The molecule has 0 aliphatic carbocycles. The van der Waals surface area contributed by atoms with E-state index in [9.17, 15) is 51.5 Å². The van der Waals surface area contributed by atoms with Crippen LogP contribution >= 0.6 is 0 Å². The van der Waals surface area contributed by atoms with Gasteiger partial charge >= 0.3 is 24.3 Å². The van der Waals surface area contributed by atoms with Gasteiger partial charge in [0, 0.05) is 101 Å². The number of likely N-dealkylation sites (tertiary alicyclic amines) is 2. The van der Waals surface area contributed by atoms with E-state index in [0.29, 0.717) is 143 Å². The first-order valence-corrected chi connectivity index (χ1v) is 37.0. The van der Waals surface area contributed by atoms with Gasteiger partial charge in [0.15, 0.2) is 23.0 Å². The molecule has 598 valence electrons. The average molecular weight is 1540 g/mol. The minimum atomic E-state index is -4.64. The monoisotopic (exact) mass is 1540 g/mol. The van der Waals surface area contributed by atoms with Crippen LogP contribution in [0.3, 0.4) is 0 Å². The lowest BCUT2D eigenvalue weighted by Gasteiger charge is -2.43. The third kappa shape index (κ3) is 23.6. The number of fused-ring (bicyclic) bond motifs is 3. The summed E-state index contributed by atoms with van der Waals surface area (Å²) in [6, 6.07) is 17.2. The number of nitrogens with zero attached hydrogens (tertiary/aromatic N) is 7. The maximum absolute atomic E-state index is 13.1. The van der Waals surface area contributed by atoms with Crippen molar-refractivity contribution in [1.29, 1.82) is 0 Å². The van der Waals surface area contributed by atoms with Crippen LogP contribution in [0.25, 0.3) is 18.2 Å². The van der Waals surface area contributed by atoms with Crippen LogP contribution < -0.4 is 40.2 Å². The van der Waals surface area contributed by atoms with E-state index >= 15 is 0 Å². The van der Waals surface area contributed by atoms with Gasteiger partial charge < -0.3 is 74.4 Å². The molecule has 0 radical (unpaired) electrons. The molecule has 3 fully saturated rings. The van der Waals surface area contributed by atoms with Crippen LogP contribution in [0.2, 0.25) is 0 Å². The first-order valence-electron chi connectivity index (χ1n) is 37.0. The van der Waals surface area contributed by atoms with Gasteiger partial charge in [-0.2, -0.15) is 13.2 Å². The van der Waals surface area contributed by atoms with E-state index < -0.39 is 40.5 Å². The number of carbonyl (C=O) groups excluding carboxylic acids is 8. The molecule has 27 nitrogen and oxygen atoms in total. The summed E-state index contributed by atoms with van der Waals surface area (Å²) in [5.41, 5.74) is 4.12. The molecule has 6 aliphatic heterocycles. The number of aldehydes is 1. The van der Waals surface area contributed by atoms with E-state index in [2.05, 4.69) is 36.2 Å². The van der Waals surface area contributed by atoms with E-state index in [1.54, 1.807) is 78.5 Å². The van der Waals surface area contributed by atoms with Crippen molar-refractivity contribution in [2.24, 2.45) is 16.2 Å². The number of aliphatic carboxylic acids is 1. The molecule has 6 aliphatic rings. The highest BCUT2D eigenvalue weighted by Gasteiger charge is 2.48. The molecule has 0 saturated carbocycles. The number of methoxy groups -OCH3 is 2. The largest absolute Gasteiger partial charge is 0.493 e. The fourth-order valence-corrected chi connectivity index (χ4v) is 13.5. The van der Waals surface area contributed by atoms with Gasteiger partial charge in [-0.05, 0) is 207 Å². The first-order chi connectivity index (χ1) is 52.5. The van der Waals surface area contributed by atoms with Gasteiger partial charge in [0.2, 0.25) is 35.8 Å². The maximum Gasteiger partial charge on any atom is 0.446 e. The second kappa shape index (κ2) is 37.7. The molecule has 5 aromatic rings. The molecule has 5 N–H and O–H groups in total. The Morgan fingerprint density at radius 1 is 0.550 bits per heavy atom. The Hall–Kier alpha value is -10.9. The average Bonchev–Trinajstić information content (AvgIpc) is 0.773. The number of hydrogen-bond acceptors (Lipinski definition) is 19. The number of carboxylic acid groups (broad SMARTS) is 1. The van der Waals surface area contributed by atoms with Crippen molar-refractivity contribution in [2.75, 3.05) is 96.7 Å². The van der Waals surface area contributed by atoms with Crippen molar-refractivity contribution in [3.05, 3.63) is 136 Å². The Morgan fingerprint density at radius 3 is 1.19 bits per heavy atom. The summed E-state index contributed by atoms with van der Waals surface area (Å²) in [5, 5.41) is 20.9. The molecule has 3 spiro atoms. The maximum atomic E-state index is 13.1. The standard InChI is InChI=1S/C32H42N4O6.C27H34N4O4.C20H25N3O5.C2HF3O/c1-7-17-41-27-23(9-8-10-25(27)40-6)21-35(5)26(37)12-11-22-18-24-19-32(29(38)34-28(24)33-20-22)13-15-36(16-14-32)30(39)42-31(2,3)4;1-4-14-35-24-20(6-5-7-22(24)34-3)18-31(2)23(32)9-8-19-15-21-16-27(10-12-28-13-11-27)26(33)30-25(21)29-17-19;1-19(2,3)28-18(27)23-8-6-20(7-9-23)11-14-10-13(4-5-15(24)25)12-21-16(14)22-17(20)26;3-2(4,5)1-6/h8-12,18,20H,7,13-17,19,21H2,1-6H3,(H,33,34,38);5-9,15,17,28H,4,10-14,16,18H2,1-3H3,(H,29,30,33);4-5,10,12H,6-9,11H2,1-3H3,(H,24,25)(H,21,22,26);1H/b12-11+;9-8+;5-4+;. The number of alkyl halides is 3. The SMILES string of the molecule is CC(C)(C)OC(=O)N1CCC2(CC1)Cc1cc(/C=C/C(=O)O)cnc1NC2=O.CCCOc1c(CN(C)C(=O)/C=C/c2cnc3c(c2)CC2(CCN(C(=O)OC(C)(C)C)CC2)C(=O)N3)cccc1OC.CCCOc1c(CN(C)C(=O)/C=C/c2cnc3c(c2)CC2(CCNCC2)C(=O)N3)cccc1OC.O=CC(F)(F)F. The Bertz CT molecular complexity index is 4280. The molecule has 0 bridgehead atoms. The smallest absolute Gasteiger partial charge is 0.446 e. The number of likely N-dealkylation sites (N-methyl/N-ethyl adjacent to an activating group) is 2. The van der Waals surface area contributed by atoms with Gasteiger partial charge in [-0.25, -0.2) is 29.3 Å². The number of rotatable bonds is 18. The highest BCUT2D eigenvalue weighted by Crippen LogP contribution is 2.45. The Labute approximate surface area is 645 Å². The van der Waals surface area contributed by atoms with E-state index in [1.807, 2.05) is 110 Å². The van der Waals surface area contributed by atoms with Crippen molar-refractivity contribution < 1.29 is 89.8 Å². The molecule has 9 heterocycles. The number of carboxylic acids is 1. The molecule has 3 aromatic heterocycles. The van der Waals surface area contributed by atoms with Crippen molar-refractivity contribution in [2.45, 2.75) is 156 Å². The number of para-hydroxylation sites is 2. The zero-order valence-electron chi connectivity index (χ0n) is 65.2. The summed E-state index contributed by atoms with van der Waals surface area (Å²) in [5.74, 6) is 2.89. The fraction of sp³-hybridized carbons (Fsp3) is 0.481. The van der Waals surface area contributed by atoms with Crippen LogP contribution in [0, 0.1) is 16.2 Å². The van der Waals surface area contributed by atoms with Gasteiger partial charge in [-0.15, -0.1) is 0 Å². The summed E-state index contributed by atoms with van der Waals surface area (Å²) >= 11 is 0. The number of piperidine rings is 3. The highest BCUT2D eigenvalue weighted by molar-refractivity contribution is 6.00. The summed E-state index contributed by atoms with van der Waals surface area (Å²) in [7, 11) is 6.71. The van der Waals surface area contributed by atoms with Gasteiger partial charge in [0.1, 0.15) is 28.7 Å². The van der Waals surface area contributed by atoms with E-state index in [-0.39, 0.29) is 47.1 Å². The van der Waals surface area contributed by atoms with Crippen molar-refractivity contribution in [1.82, 2.24) is 39.9 Å². The number of halogens is 3. The number of aromatic nitrogens is 3. The highest BCUT2D eigenvalue weighted by atomic mass is 19.4. The summed E-state index contributed by atoms with van der Waals surface area (Å²) in [4.78, 5) is 128. The third-order valence-corrected chi connectivity index (χ3v) is 19.4. The molecule has 111 heavy (non-hydrogen) atoms. The molecule has 2 aromatic carbocycles. The summed E-state index contributed by atoms with van der Waals surface area (Å²) < 4.78 is 64.9. The molecule has 30 heteroatoms. The van der Waals surface area contributed by atoms with E-state index in [4.69, 9.17) is 38.3 Å². The lowest BCUT2D eigenvalue weighted by Crippen LogP contribution is -2.51. The van der Waals surface area contributed by atoms with Crippen LogP contribution in [-0.4, -0.2) is 192 Å². The van der Waals surface area contributed by atoms with Crippen molar-refractivity contribution in [3.8, 4) is 23.0 Å². The molecule has 0 atom stereocenters. The predicted molar refractivity (Wildman–Crippen MR) is 411 cm³/mol. The predicted octanol–water partition coefficient (Wildman–Crippen LogP) is 11.9. The molecule has 0 unspecified atom stereocenters. The summed E-state index contributed by atoms with van der Waals surface area (Å²) in [6.45, 7) is 20.4. The Kier molecular flexibility index (Phi) is 29.1. The second-order valence-electron chi connectivity index (χ2n) is 30.2. The number of carbonyl (C=O) groups is 9. The normalized spacial score (nSPS) is 16.7. The number of ether oxygens (including phenoxy) is 6. The van der Waals surface area contributed by atoms with Crippen molar-refractivity contribution in [3.63, 3.8) is 0 Å². The van der Waals surface area contributed by atoms with Gasteiger partial charge in [0.25, 0.3) is 0 Å². The number of anilines is 3. The molecule has 7 amide bonds. The number of hydrogen-bond donors (Lipinski definition) is 5. The lowest BCUT2D eigenvalue weighted by atomic mass is 9.71. The lowest BCUT2D eigenvalue weighted by molar-refractivity contribution is -0.156. The minimum Gasteiger partial charge on any atom is -0.493 e. The second-order valence-corrected chi connectivity index (χ2v) is 30.2. The molecule has 11 rings (SSSR count).